The van der Waals surface area contributed by atoms with Gasteiger partial charge in [0.25, 0.3) is 11.1 Å². The van der Waals surface area contributed by atoms with Crippen molar-refractivity contribution in [3.8, 4) is 11.4 Å². The Morgan fingerprint density at radius 2 is 0.917 bits per heavy atom. The second-order valence-electron chi connectivity index (χ2n) is 12.5. The molecule has 0 N–H and O–H groups in total. The van der Waals surface area contributed by atoms with E-state index >= 15 is 0 Å². The molecular weight excluding hydrogens is 610 g/mol. The highest BCUT2D eigenvalue weighted by atomic mass is 19.1. The molecule has 0 aliphatic heterocycles. The van der Waals surface area contributed by atoms with Gasteiger partial charge in [-0.2, -0.15) is 10.2 Å². The summed E-state index contributed by atoms with van der Waals surface area (Å²) in [5.74, 6) is -0.837. The number of aryl methyl sites for hydroxylation is 2. The van der Waals surface area contributed by atoms with Crippen LogP contribution in [-0.2, 0) is 12.8 Å². The number of pyridine rings is 2. The molecule has 0 aliphatic rings. The summed E-state index contributed by atoms with van der Waals surface area (Å²) in [4.78, 5) is 29.3. The van der Waals surface area contributed by atoms with Gasteiger partial charge in [-0.05, 0) is 86.3 Å². The van der Waals surface area contributed by atoms with Crippen LogP contribution in [0, 0.1) is 11.6 Å². The zero-order chi connectivity index (χ0) is 33.1. The molecule has 0 saturated heterocycles. The lowest BCUT2D eigenvalue weighted by molar-refractivity contribution is 0.627. The third-order valence-corrected chi connectivity index (χ3v) is 9.50. The molecule has 4 heterocycles. The minimum atomic E-state index is -0.418. The fraction of sp³-hybridized carbons (Fsp3) is 0.263. The number of rotatable bonds is 10. The van der Waals surface area contributed by atoms with E-state index in [-0.39, 0.29) is 11.1 Å². The quantitative estimate of drug-likeness (QED) is 0.0854. The molecule has 240 valence electrons. The van der Waals surface area contributed by atoms with Gasteiger partial charge in [-0.3, -0.25) is 18.7 Å². The number of nitrogens with zero attached hydrogens (tertiary/aromatic N) is 6. The summed E-state index contributed by atoms with van der Waals surface area (Å²) < 4.78 is 31.1. The van der Waals surface area contributed by atoms with Crippen molar-refractivity contribution in [3.63, 3.8) is 0 Å². The number of hydrogen-bond donors (Lipinski definition) is 0. The van der Waals surface area contributed by atoms with Gasteiger partial charge in [0.1, 0.15) is 11.6 Å². The number of halogens is 2. The van der Waals surface area contributed by atoms with Crippen LogP contribution in [0.3, 0.4) is 0 Å². The first-order chi connectivity index (χ1) is 23.4. The third-order valence-electron chi connectivity index (χ3n) is 9.50. The Morgan fingerprint density at radius 1 is 0.521 bits per heavy atom. The van der Waals surface area contributed by atoms with Crippen molar-refractivity contribution in [2.24, 2.45) is 0 Å². The van der Waals surface area contributed by atoms with Crippen molar-refractivity contribution in [1.82, 2.24) is 29.5 Å². The molecule has 0 atom stereocenters. The Hall–Kier alpha value is -5.38. The highest BCUT2D eigenvalue weighted by Gasteiger charge is 2.28. The molecule has 0 unspecified atom stereocenters. The predicted octanol–water partition coefficient (Wildman–Crippen LogP) is 7.95. The first kappa shape index (κ1) is 30.0. The number of hydrogen-bond acceptors (Lipinski definition) is 6. The first-order valence-electron chi connectivity index (χ1n) is 16.6. The summed E-state index contributed by atoms with van der Waals surface area (Å²) in [6.45, 7) is 4.26. The van der Waals surface area contributed by atoms with Crippen molar-refractivity contribution in [2.75, 3.05) is 0 Å². The molecule has 48 heavy (non-hydrogen) atoms. The van der Waals surface area contributed by atoms with Crippen molar-refractivity contribution in [1.29, 1.82) is 0 Å². The minimum Gasteiger partial charge on any atom is -0.268 e. The fourth-order valence-corrected chi connectivity index (χ4v) is 7.18. The topological polar surface area (TPSA) is 95.6 Å². The van der Waals surface area contributed by atoms with Crippen LogP contribution >= 0.6 is 0 Å². The highest BCUT2D eigenvalue weighted by Crippen LogP contribution is 2.42. The van der Waals surface area contributed by atoms with Gasteiger partial charge in [-0.1, -0.05) is 39.5 Å². The standard InChI is InChI=1S/C38H32F2N6O2/c1-3-5-7-9-29-25-19-27-32-31-28(38(48)45(35(33(25)31)43-41-29)23-15-11-21(39)12-16-23)20-26-30(10-8-6-4-2)42-44-36(34(26)32)46(37(27)47)24-17-13-22(40)14-18-24/h11-20H,3-10H2,1-2H3. The molecule has 8 aromatic rings. The summed E-state index contributed by atoms with van der Waals surface area (Å²) in [6, 6.07) is 15.2. The normalized spacial score (nSPS) is 12.2. The van der Waals surface area contributed by atoms with E-state index in [1.807, 2.05) is 12.1 Å². The van der Waals surface area contributed by atoms with E-state index in [9.17, 15) is 18.4 Å². The van der Waals surface area contributed by atoms with E-state index in [2.05, 4.69) is 34.2 Å². The summed E-state index contributed by atoms with van der Waals surface area (Å²) in [5.41, 5.74) is 2.35. The monoisotopic (exact) mass is 642 g/mol. The van der Waals surface area contributed by atoms with Gasteiger partial charge in [0, 0.05) is 43.1 Å². The van der Waals surface area contributed by atoms with E-state index in [0.717, 1.165) is 71.5 Å². The Balaban J connectivity index is 1.60. The van der Waals surface area contributed by atoms with Crippen molar-refractivity contribution in [3.05, 3.63) is 104 Å². The zero-order valence-corrected chi connectivity index (χ0v) is 26.7. The number of aromatic nitrogens is 6. The maximum atomic E-state index is 14.7. The van der Waals surface area contributed by atoms with E-state index < -0.39 is 11.6 Å². The van der Waals surface area contributed by atoms with Crippen molar-refractivity contribution in [2.45, 2.75) is 65.2 Å². The molecule has 0 bridgehead atoms. The summed E-state index contributed by atoms with van der Waals surface area (Å²) in [5, 5.41) is 23.5. The summed E-state index contributed by atoms with van der Waals surface area (Å²) in [7, 11) is 0. The molecular formula is C38H32F2N6O2. The lowest BCUT2D eigenvalue weighted by Gasteiger charge is -2.21. The average molecular weight is 643 g/mol. The molecule has 0 aliphatic carbocycles. The molecule has 4 aromatic heterocycles. The van der Waals surface area contributed by atoms with Crippen LogP contribution in [0.5, 0.6) is 0 Å². The Morgan fingerprint density at radius 3 is 1.29 bits per heavy atom. The fourth-order valence-electron chi connectivity index (χ4n) is 7.18. The average Bonchev–Trinajstić information content (AvgIpc) is 3.09. The maximum Gasteiger partial charge on any atom is 0.264 e. The number of unbranched alkanes of at least 4 members (excludes halogenated alkanes) is 4. The van der Waals surface area contributed by atoms with Gasteiger partial charge >= 0.3 is 0 Å². The molecule has 8 nitrogen and oxygen atoms in total. The van der Waals surface area contributed by atoms with E-state index in [0.29, 0.717) is 57.1 Å². The van der Waals surface area contributed by atoms with Crippen LogP contribution < -0.4 is 11.1 Å². The SMILES string of the molecule is CCCCCc1nnc2c3c1cc1c(=O)n(-c4ccc(F)cc4)c4nnc(CCCCC)c5cc(c(=O)n2-c2ccc(F)cc2)c3c1c54. The van der Waals surface area contributed by atoms with E-state index in [4.69, 9.17) is 0 Å². The molecule has 0 saturated carbocycles. The largest absolute Gasteiger partial charge is 0.268 e. The highest BCUT2D eigenvalue weighted by molar-refractivity contribution is 6.35. The van der Waals surface area contributed by atoms with E-state index in [1.54, 1.807) is 24.3 Å². The van der Waals surface area contributed by atoms with Gasteiger partial charge in [0.2, 0.25) is 0 Å². The van der Waals surface area contributed by atoms with Crippen LogP contribution in [0.2, 0.25) is 0 Å². The van der Waals surface area contributed by atoms with Crippen molar-refractivity contribution < 1.29 is 8.78 Å². The van der Waals surface area contributed by atoms with Gasteiger partial charge in [0.05, 0.1) is 22.8 Å². The molecule has 10 heteroatoms. The smallest absolute Gasteiger partial charge is 0.264 e. The second kappa shape index (κ2) is 11.7. The lowest BCUT2D eigenvalue weighted by atomic mass is 9.89. The maximum absolute atomic E-state index is 14.7. The molecule has 8 rings (SSSR count). The van der Waals surface area contributed by atoms with Crippen LogP contribution in [0.1, 0.15) is 63.8 Å². The summed E-state index contributed by atoms with van der Waals surface area (Å²) in [6.07, 6.45) is 7.10. The van der Waals surface area contributed by atoms with Crippen molar-refractivity contribution >= 4 is 54.4 Å². The van der Waals surface area contributed by atoms with Gasteiger partial charge in [-0.15, -0.1) is 10.2 Å². The second-order valence-corrected chi connectivity index (χ2v) is 12.5. The van der Waals surface area contributed by atoms with Crippen LogP contribution in [0.4, 0.5) is 8.78 Å². The van der Waals surface area contributed by atoms with Gasteiger partial charge < -0.3 is 0 Å². The molecule has 0 spiro atoms. The molecule has 4 aromatic carbocycles. The minimum absolute atomic E-state index is 0.333. The Labute approximate surface area is 273 Å². The van der Waals surface area contributed by atoms with Gasteiger partial charge in [-0.25, -0.2) is 8.78 Å². The predicted molar refractivity (Wildman–Crippen MR) is 185 cm³/mol. The first-order valence-corrected chi connectivity index (χ1v) is 16.6. The Bertz CT molecular complexity index is 2410. The van der Waals surface area contributed by atoms with E-state index in [1.165, 1.54) is 33.4 Å². The molecule has 0 amide bonds. The van der Waals surface area contributed by atoms with Crippen LogP contribution in [0.15, 0.2) is 70.3 Å². The van der Waals surface area contributed by atoms with Gasteiger partial charge in [0.15, 0.2) is 11.3 Å². The Kier molecular flexibility index (Phi) is 7.31. The number of benzene rings is 4. The molecule has 0 radical (unpaired) electrons. The lowest BCUT2D eigenvalue weighted by Crippen LogP contribution is -2.24. The van der Waals surface area contributed by atoms with Crippen LogP contribution in [0.25, 0.3) is 65.8 Å². The third kappa shape index (κ3) is 4.53. The van der Waals surface area contributed by atoms with Crippen LogP contribution in [-0.4, -0.2) is 29.5 Å². The summed E-state index contributed by atoms with van der Waals surface area (Å²) >= 11 is 0. The zero-order valence-electron chi connectivity index (χ0n) is 26.7. The molecule has 0 fully saturated rings.